The van der Waals surface area contributed by atoms with Crippen LogP contribution in [0.1, 0.15) is 52.6 Å². The highest BCUT2D eigenvalue weighted by Crippen LogP contribution is 2.43. The fourth-order valence-corrected chi connectivity index (χ4v) is 4.53. The van der Waals surface area contributed by atoms with Gasteiger partial charge in [-0.2, -0.15) is 0 Å². The number of ketones is 1. The number of carbonyl (C=O) groups is 3. The van der Waals surface area contributed by atoms with Gasteiger partial charge in [-0.1, -0.05) is 41.9 Å². The maximum atomic E-state index is 13.1. The van der Waals surface area contributed by atoms with Crippen LogP contribution in [0.5, 0.6) is 0 Å². The lowest BCUT2D eigenvalue weighted by atomic mass is 9.73. The van der Waals surface area contributed by atoms with Gasteiger partial charge in [0, 0.05) is 35.1 Å². The number of benzene rings is 2. The highest BCUT2D eigenvalue weighted by atomic mass is 35.5. The van der Waals surface area contributed by atoms with Crippen LogP contribution in [-0.2, 0) is 14.3 Å². The Labute approximate surface area is 173 Å². The molecule has 2 aromatic carbocycles. The van der Waals surface area contributed by atoms with E-state index < -0.39 is 5.97 Å². The smallest absolute Gasteiger partial charge is 0.337 e. The van der Waals surface area contributed by atoms with Gasteiger partial charge in [0.05, 0.1) is 12.7 Å². The standard InChI is InChI=1S/C23H20ClNO4/c1-29-23(28)14-8-6-13(7-9-14)17-12-21(27)25-19-10-15(11-20(26)22(17)19)16-4-2-3-5-18(16)24/h2-9,15,17H,10-12H2,1H3,(H,25,27). The molecule has 2 aromatic rings. The van der Waals surface area contributed by atoms with E-state index in [0.29, 0.717) is 34.7 Å². The number of amides is 1. The van der Waals surface area contributed by atoms with Crippen LogP contribution in [0.25, 0.3) is 0 Å². The molecule has 1 amide bonds. The first kappa shape index (κ1) is 19.4. The van der Waals surface area contributed by atoms with Crippen LogP contribution < -0.4 is 5.32 Å². The Morgan fingerprint density at radius 1 is 1.03 bits per heavy atom. The van der Waals surface area contributed by atoms with Gasteiger partial charge in [0.1, 0.15) is 0 Å². The van der Waals surface area contributed by atoms with Crippen molar-refractivity contribution < 1.29 is 19.1 Å². The van der Waals surface area contributed by atoms with Gasteiger partial charge in [-0.3, -0.25) is 9.59 Å². The van der Waals surface area contributed by atoms with Crippen LogP contribution in [-0.4, -0.2) is 24.8 Å². The molecule has 2 aliphatic rings. The van der Waals surface area contributed by atoms with E-state index in [1.54, 1.807) is 24.3 Å². The number of Topliss-reactive ketones (excluding diaryl/α,β-unsaturated/α-hetero) is 1. The van der Waals surface area contributed by atoms with Crippen LogP contribution in [0, 0.1) is 0 Å². The van der Waals surface area contributed by atoms with Gasteiger partial charge in [0.15, 0.2) is 5.78 Å². The highest BCUT2D eigenvalue weighted by Gasteiger charge is 2.38. The number of hydrogen-bond acceptors (Lipinski definition) is 4. The van der Waals surface area contributed by atoms with Crippen LogP contribution in [0.3, 0.4) is 0 Å². The summed E-state index contributed by atoms with van der Waals surface area (Å²) in [6.07, 6.45) is 1.13. The summed E-state index contributed by atoms with van der Waals surface area (Å²) in [4.78, 5) is 37.2. The molecular formula is C23H20ClNO4. The molecule has 0 spiro atoms. The molecule has 6 heteroatoms. The van der Waals surface area contributed by atoms with E-state index in [1.165, 1.54) is 7.11 Å². The molecule has 2 atom stereocenters. The molecule has 0 saturated heterocycles. The fraction of sp³-hybridized carbons (Fsp3) is 0.261. The molecule has 0 fully saturated rings. The predicted octanol–water partition coefficient (Wildman–Crippen LogP) is 4.13. The van der Waals surface area contributed by atoms with Crippen molar-refractivity contribution >= 4 is 29.3 Å². The van der Waals surface area contributed by atoms with Crippen molar-refractivity contribution in [3.05, 3.63) is 81.5 Å². The second-order valence-electron chi connectivity index (χ2n) is 7.36. The number of halogens is 1. The topological polar surface area (TPSA) is 72.5 Å². The van der Waals surface area contributed by atoms with E-state index in [2.05, 4.69) is 5.32 Å². The summed E-state index contributed by atoms with van der Waals surface area (Å²) < 4.78 is 4.73. The van der Waals surface area contributed by atoms with Crippen LogP contribution >= 0.6 is 11.6 Å². The van der Waals surface area contributed by atoms with Gasteiger partial charge in [0.2, 0.25) is 5.91 Å². The van der Waals surface area contributed by atoms with Gasteiger partial charge < -0.3 is 10.1 Å². The SMILES string of the molecule is COC(=O)c1ccc(C2CC(=O)NC3=C2C(=O)CC(c2ccccc2Cl)C3)cc1. The summed E-state index contributed by atoms with van der Waals surface area (Å²) in [6, 6.07) is 14.4. The maximum absolute atomic E-state index is 13.1. The summed E-state index contributed by atoms with van der Waals surface area (Å²) in [7, 11) is 1.33. The monoisotopic (exact) mass is 409 g/mol. The van der Waals surface area contributed by atoms with E-state index in [-0.39, 0.29) is 29.9 Å². The summed E-state index contributed by atoms with van der Waals surface area (Å²) in [6.45, 7) is 0. The molecule has 5 nitrogen and oxygen atoms in total. The van der Waals surface area contributed by atoms with Crippen molar-refractivity contribution in [2.75, 3.05) is 7.11 Å². The number of ether oxygens (including phenoxy) is 1. The molecule has 1 heterocycles. The lowest BCUT2D eigenvalue weighted by Crippen LogP contribution is -2.38. The van der Waals surface area contributed by atoms with Crippen LogP contribution in [0.2, 0.25) is 5.02 Å². The van der Waals surface area contributed by atoms with Gasteiger partial charge in [-0.05, 0) is 41.7 Å². The Hall–Kier alpha value is -2.92. The zero-order chi connectivity index (χ0) is 20.5. The number of carbonyl (C=O) groups excluding carboxylic acids is 3. The third-order valence-corrected chi connectivity index (χ3v) is 5.96. The molecule has 0 radical (unpaired) electrons. The molecular weight excluding hydrogens is 390 g/mol. The minimum absolute atomic E-state index is 0.0261. The zero-order valence-electron chi connectivity index (χ0n) is 15.9. The number of nitrogens with one attached hydrogen (secondary N) is 1. The first-order chi connectivity index (χ1) is 14.0. The molecule has 1 aliphatic heterocycles. The molecule has 29 heavy (non-hydrogen) atoms. The van der Waals surface area contributed by atoms with Crippen molar-refractivity contribution in [1.29, 1.82) is 0 Å². The third kappa shape index (κ3) is 3.70. The zero-order valence-corrected chi connectivity index (χ0v) is 16.7. The second-order valence-corrected chi connectivity index (χ2v) is 7.77. The van der Waals surface area contributed by atoms with Crippen LogP contribution in [0.15, 0.2) is 59.8 Å². The Balaban J connectivity index is 1.68. The largest absolute Gasteiger partial charge is 0.465 e. The highest BCUT2D eigenvalue weighted by molar-refractivity contribution is 6.31. The van der Waals surface area contributed by atoms with E-state index in [1.807, 2.05) is 24.3 Å². The quantitative estimate of drug-likeness (QED) is 0.773. The first-order valence-corrected chi connectivity index (χ1v) is 9.84. The van der Waals surface area contributed by atoms with Gasteiger partial charge in [-0.25, -0.2) is 4.79 Å². The average molecular weight is 410 g/mol. The molecule has 2 unspecified atom stereocenters. The summed E-state index contributed by atoms with van der Waals surface area (Å²) in [5.41, 5.74) is 3.54. The molecule has 1 aliphatic carbocycles. The molecule has 148 valence electrons. The molecule has 4 rings (SSSR count). The Bertz CT molecular complexity index is 1030. The van der Waals surface area contributed by atoms with E-state index in [9.17, 15) is 14.4 Å². The molecule has 1 N–H and O–H groups in total. The molecule has 0 saturated carbocycles. The first-order valence-electron chi connectivity index (χ1n) is 9.46. The lowest BCUT2D eigenvalue weighted by molar-refractivity contribution is -0.122. The number of esters is 1. The van der Waals surface area contributed by atoms with E-state index in [0.717, 1.165) is 11.1 Å². The van der Waals surface area contributed by atoms with E-state index in [4.69, 9.17) is 16.3 Å². The summed E-state index contributed by atoms with van der Waals surface area (Å²) >= 11 is 6.33. The summed E-state index contributed by atoms with van der Waals surface area (Å²) in [5.74, 6) is -0.883. The Morgan fingerprint density at radius 3 is 2.45 bits per heavy atom. The van der Waals surface area contributed by atoms with E-state index >= 15 is 0 Å². The van der Waals surface area contributed by atoms with Crippen molar-refractivity contribution in [1.82, 2.24) is 5.32 Å². The number of rotatable bonds is 3. The number of hydrogen-bond donors (Lipinski definition) is 1. The Kier molecular flexibility index (Phi) is 5.24. The molecule has 0 bridgehead atoms. The van der Waals surface area contributed by atoms with Gasteiger partial charge >= 0.3 is 5.97 Å². The Morgan fingerprint density at radius 2 is 1.76 bits per heavy atom. The van der Waals surface area contributed by atoms with Crippen molar-refractivity contribution in [2.24, 2.45) is 0 Å². The average Bonchev–Trinajstić information content (AvgIpc) is 2.72. The van der Waals surface area contributed by atoms with Gasteiger partial charge in [-0.15, -0.1) is 0 Å². The fourth-order valence-electron chi connectivity index (χ4n) is 4.24. The number of allylic oxidation sites excluding steroid dienone is 2. The minimum atomic E-state index is -0.422. The normalized spacial score (nSPS) is 21.4. The minimum Gasteiger partial charge on any atom is -0.465 e. The predicted molar refractivity (Wildman–Crippen MR) is 109 cm³/mol. The number of methoxy groups -OCH3 is 1. The molecule has 0 aromatic heterocycles. The summed E-state index contributed by atoms with van der Waals surface area (Å²) in [5, 5.41) is 3.54. The third-order valence-electron chi connectivity index (χ3n) is 5.62. The van der Waals surface area contributed by atoms with Gasteiger partial charge in [0.25, 0.3) is 0 Å². The van der Waals surface area contributed by atoms with Crippen LogP contribution in [0.4, 0.5) is 0 Å². The van der Waals surface area contributed by atoms with Crippen molar-refractivity contribution in [2.45, 2.75) is 31.1 Å². The maximum Gasteiger partial charge on any atom is 0.337 e. The van der Waals surface area contributed by atoms with Crippen molar-refractivity contribution in [3.8, 4) is 0 Å². The lowest BCUT2D eigenvalue weighted by Gasteiger charge is -2.34. The van der Waals surface area contributed by atoms with Crippen molar-refractivity contribution in [3.63, 3.8) is 0 Å². The second kappa shape index (κ2) is 7.84.